The van der Waals surface area contributed by atoms with Crippen LogP contribution in [0.5, 0.6) is 5.75 Å². The van der Waals surface area contributed by atoms with Crippen LogP contribution in [0.2, 0.25) is 0 Å². The largest absolute Gasteiger partial charge is 0.481 e. The number of carboxylic acids is 1. The number of hydrogen-bond acceptors (Lipinski definition) is 6. The zero-order chi connectivity index (χ0) is 18.0. The minimum Gasteiger partial charge on any atom is -0.481 e. The third-order valence-electron chi connectivity index (χ3n) is 3.65. The molecule has 0 radical (unpaired) electrons. The molecule has 0 saturated heterocycles. The van der Waals surface area contributed by atoms with E-state index in [0.717, 1.165) is 4.90 Å². The summed E-state index contributed by atoms with van der Waals surface area (Å²) in [5.74, 6) is -1.93. The highest BCUT2D eigenvalue weighted by Gasteiger charge is 2.39. The van der Waals surface area contributed by atoms with E-state index in [9.17, 15) is 19.7 Å². The maximum atomic E-state index is 12.8. The summed E-state index contributed by atoms with van der Waals surface area (Å²) in [6.45, 7) is -0.165. The lowest BCUT2D eigenvalue weighted by Gasteiger charge is -2.31. The Morgan fingerprint density at radius 1 is 1.28 bits per heavy atom. The molecule has 0 fully saturated rings. The predicted molar refractivity (Wildman–Crippen MR) is 85.3 cm³/mol. The molecule has 0 aliphatic carbocycles. The number of aliphatic carboxylic acids is 1. The molecule has 9 nitrogen and oxygen atoms in total. The number of rotatable bonds is 5. The van der Waals surface area contributed by atoms with Gasteiger partial charge in [-0.1, -0.05) is 30.3 Å². The first kappa shape index (κ1) is 16.4. The van der Waals surface area contributed by atoms with Crippen molar-refractivity contribution in [1.82, 2.24) is 4.98 Å². The summed E-state index contributed by atoms with van der Waals surface area (Å²) in [5, 5.41) is 19.8. The van der Waals surface area contributed by atoms with Gasteiger partial charge in [0.15, 0.2) is 5.75 Å². The number of nitro groups is 1. The fourth-order valence-corrected chi connectivity index (χ4v) is 2.50. The van der Waals surface area contributed by atoms with E-state index in [2.05, 4.69) is 4.98 Å². The fraction of sp³-hybridized carbons (Fsp3) is 0.188. The molecule has 1 aliphatic rings. The molecule has 2 aromatic rings. The Labute approximate surface area is 141 Å². The van der Waals surface area contributed by atoms with Crippen LogP contribution in [-0.2, 0) is 9.59 Å². The van der Waals surface area contributed by atoms with Crippen LogP contribution >= 0.6 is 0 Å². The second kappa shape index (κ2) is 6.56. The first-order chi connectivity index (χ1) is 12.0. The summed E-state index contributed by atoms with van der Waals surface area (Å²) in [6, 6.07) is 11.2. The third-order valence-corrected chi connectivity index (χ3v) is 3.65. The Hall–Kier alpha value is -3.49. The summed E-state index contributed by atoms with van der Waals surface area (Å²) in [4.78, 5) is 38.9. The summed E-state index contributed by atoms with van der Waals surface area (Å²) >= 11 is 0. The molecular weight excluding hydrogens is 330 g/mol. The number of pyridine rings is 1. The van der Waals surface area contributed by atoms with Gasteiger partial charge in [0.2, 0.25) is 6.10 Å². The summed E-state index contributed by atoms with van der Waals surface area (Å²) in [7, 11) is 0. The van der Waals surface area contributed by atoms with Crippen LogP contribution in [-0.4, -0.2) is 33.4 Å². The van der Waals surface area contributed by atoms with Gasteiger partial charge in [-0.15, -0.1) is 0 Å². The van der Waals surface area contributed by atoms with Crippen molar-refractivity contribution in [2.75, 3.05) is 11.4 Å². The molecule has 1 N–H and O–H groups in total. The number of carboxylic acid groups (broad SMARTS) is 1. The van der Waals surface area contributed by atoms with E-state index >= 15 is 0 Å². The number of fused-ring (bicyclic) bond motifs is 1. The third kappa shape index (κ3) is 3.25. The molecule has 2 heterocycles. The van der Waals surface area contributed by atoms with Gasteiger partial charge < -0.3 is 20.0 Å². The molecule has 0 spiro atoms. The van der Waals surface area contributed by atoms with Crippen molar-refractivity contribution in [3.63, 3.8) is 0 Å². The first-order valence-electron chi connectivity index (χ1n) is 7.37. The van der Waals surface area contributed by atoms with Crippen LogP contribution in [0.1, 0.15) is 18.1 Å². The van der Waals surface area contributed by atoms with E-state index in [1.54, 1.807) is 30.3 Å². The number of nitrogens with zero attached hydrogens (tertiary/aromatic N) is 3. The lowest BCUT2D eigenvalue weighted by Crippen LogP contribution is -2.42. The number of anilines is 1. The summed E-state index contributed by atoms with van der Waals surface area (Å²) in [5.41, 5.74) is 0.594. The highest BCUT2D eigenvalue weighted by molar-refractivity contribution is 6.00. The minimum absolute atomic E-state index is 0.0485. The van der Waals surface area contributed by atoms with E-state index in [1.807, 2.05) is 0 Å². The van der Waals surface area contributed by atoms with Crippen LogP contribution < -0.4 is 9.64 Å². The van der Waals surface area contributed by atoms with Gasteiger partial charge in [-0.2, -0.15) is 0 Å². The number of hydrogen-bond donors (Lipinski definition) is 1. The zero-order valence-electron chi connectivity index (χ0n) is 12.9. The maximum Gasteiger partial charge on any atom is 0.366 e. The summed E-state index contributed by atoms with van der Waals surface area (Å²) in [6.07, 6.45) is -1.29. The molecule has 1 atom stereocenters. The molecule has 0 bridgehead atoms. The van der Waals surface area contributed by atoms with E-state index < -0.39 is 28.7 Å². The normalized spacial score (nSPS) is 16.1. The highest BCUT2D eigenvalue weighted by Crippen LogP contribution is 2.38. The van der Waals surface area contributed by atoms with E-state index in [1.165, 1.54) is 12.1 Å². The fourth-order valence-electron chi connectivity index (χ4n) is 2.50. The standard InChI is InChI=1S/C16H13N3O6/c20-13(21)8-9-18-15-11(6-7-12(17-15)19(23)24)25-14(16(18)22)10-4-2-1-3-5-10/h1-7,14H,8-9H2,(H,20,21). The van der Waals surface area contributed by atoms with Crippen LogP contribution in [0.25, 0.3) is 0 Å². The molecule has 1 unspecified atom stereocenters. The smallest absolute Gasteiger partial charge is 0.366 e. The minimum atomic E-state index is -1.09. The molecule has 1 aromatic carbocycles. The molecule has 1 aromatic heterocycles. The van der Waals surface area contributed by atoms with Gasteiger partial charge in [-0.05, 0) is 16.0 Å². The second-order valence-corrected chi connectivity index (χ2v) is 5.29. The van der Waals surface area contributed by atoms with Crippen molar-refractivity contribution in [1.29, 1.82) is 0 Å². The number of carbonyl (C=O) groups excluding carboxylic acids is 1. The SMILES string of the molecule is O=C(O)CCN1C(=O)C(c2ccccc2)Oc2ccc([N+](=O)[O-])nc21. The van der Waals surface area contributed by atoms with Crippen molar-refractivity contribution >= 4 is 23.5 Å². The van der Waals surface area contributed by atoms with Gasteiger partial charge in [-0.3, -0.25) is 14.5 Å². The van der Waals surface area contributed by atoms with Gasteiger partial charge >= 0.3 is 11.8 Å². The van der Waals surface area contributed by atoms with Gasteiger partial charge in [0.05, 0.1) is 6.42 Å². The van der Waals surface area contributed by atoms with Crippen LogP contribution in [0.3, 0.4) is 0 Å². The summed E-state index contributed by atoms with van der Waals surface area (Å²) < 4.78 is 5.68. The Morgan fingerprint density at radius 2 is 2.00 bits per heavy atom. The van der Waals surface area contributed by atoms with E-state index in [-0.39, 0.29) is 24.5 Å². The molecular formula is C16H13N3O6. The van der Waals surface area contributed by atoms with Crippen molar-refractivity contribution in [3.8, 4) is 5.75 Å². The topological polar surface area (TPSA) is 123 Å². The average molecular weight is 343 g/mol. The van der Waals surface area contributed by atoms with E-state index in [4.69, 9.17) is 9.84 Å². The molecule has 3 rings (SSSR count). The van der Waals surface area contributed by atoms with Gasteiger partial charge in [0, 0.05) is 18.2 Å². The zero-order valence-corrected chi connectivity index (χ0v) is 12.9. The highest BCUT2D eigenvalue weighted by atomic mass is 16.6. The van der Waals surface area contributed by atoms with Gasteiger partial charge in [0.1, 0.15) is 0 Å². The number of benzene rings is 1. The van der Waals surface area contributed by atoms with Crippen LogP contribution in [0.4, 0.5) is 11.6 Å². The monoisotopic (exact) mass is 343 g/mol. The average Bonchev–Trinajstić information content (AvgIpc) is 2.60. The van der Waals surface area contributed by atoms with Crippen molar-refractivity contribution in [2.45, 2.75) is 12.5 Å². The van der Waals surface area contributed by atoms with Crippen molar-refractivity contribution in [2.24, 2.45) is 0 Å². The Balaban J connectivity index is 2.03. The number of amides is 1. The lowest BCUT2D eigenvalue weighted by atomic mass is 10.1. The molecule has 25 heavy (non-hydrogen) atoms. The van der Waals surface area contributed by atoms with Gasteiger partial charge in [-0.25, -0.2) is 0 Å². The quantitative estimate of drug-likeness (QED) is 0.650. The first-order valence-corrected chi connectivity index (χ1v) is 7.37. The lowest BCUT2D eigenvalue weighted by molar-refractivity contribution is -0.389. The Morgan fingerprint density at radius 3 is 2.64 bits per heavy atom. The molecule has 9 heteroatoms. The molecule has 1 aliphatic heterocycles. The second-order valence-electron chi connectivity index (χ2n) is 5.29. The Kier molecular flexibility index (Phi) is 4.29. The van der Waals surface area contributed by atoms with Crippen LogP contribution in [0, 0.1) is 10.1 Å². The number of carbonyl (C=O) groups is 2. The number of ether oxygens (including phenoxy) is 1. The van der Waals surface area contributed by atoms with Crippen molar-refractivity contribution < 1.29 is 24.4 Å². The van der Waals surface area contributed by atoms with Gasteiger partial charge in [0.25, 0.3) is 11.7 Å². The van der Waals surface area contributed by atoms with E-state index in [0.29, 0.717) is 5.56 Å². The maximum absolute atomic E-state index is 12.8. The molecule has 1 amide bonds. The van der Waals surface area contributed by atoms with Crippen molar-refractivity contribution in [3.05, 3.63) is 58.1 Å². The molecule has 0 saturated carbocycles. The Bertz CT molecular complexity index is 839. The van der Waals surface area contributed by atoms with Crippen LogP contribution in [0.15, 0.2) is 42.5 Å². The number of aromatic nitrogens is 1. The predicted octanol–water partition coefficient (Wildman–Crippen LogP) is 1.93. The molecule has 128 valence electrons.